The lowest BCUT2D eigenvalue weighted by molar-refractivity contribution is 1.19. The smallest absolute Gasteiger partial charge is 0.264 e. The lowest BCUT2D eigenvalue weighted by Gasteiger charge is -2.14. The molecule has 2 aromatic heterocycles. The third-order valence-electron chi connectivity index (χ3n) is 5.92. The summed E-state index contributed by atoms with van der Waals surface area (Å²) < 4.78 is 1.70. The van der Waals surface area contributed by atoms with E-state index in [9.17, 15) is 4.79 Å². The normalized spacial score (nSPS) is 12.6. The third-order valence-corrected chi connectivity index (χ3v) is 6.15. The molecule has 0 radical (unpaired) electrons. The Labute approximate surface area is 163 Å². The van der Waals surface area contributed by atoms with E-state index in [2.05, 4.69) is 36.4 Å². The van der Waals surface area contributed by atoms with E-state index in [1.54, 1.807) is 4.40 Å². The number of aromatic nitrogens is 2. The van der Waals surface area contributed by atoms with Crippen molar-refractivity contribution in [2.75, 3.05) is 0 Å². The summed E-state index contributed by atoms with van der Waals surface area (Å²) in [5, 5.41) is 9.16. The summed E-state index contributed by atoms with van der Waals surface area (Å²) in [6.07, 6.45) is 0. The van der Waals surface area contributed by atoms with Gasteiger partial charge in [-0.3, -0.25) is 9.20 Å². The first kappa shape index (κ1) is 14.6. The van der Waals surface area contributed by atoms with Crippen LogP contribution >= 0.6 is 11.6 Å². The minimum Gasteiger partial charge on any atom is -0.268 e. The van der Waals surface area contributed by atoms with Gasteiger partial charge in [-0.25, -0.2) is 4.98 Å². The highest BCUT2D eigenvalue weighted by Crippen LogP contribution is 2.40. The number of rotatable bonds is 0. The molecule has 0 unspecified atom stereocenters. The lowest BCUT2D eigenvalue weighted by Crippen LogP contribution is -2.13. The SMILES string of the molecule is O=c1c2ccc3ccc4cccc5cc(c2c3c45)c2nc3ccc(Cl)cc3n12. The average molecular weight is 379 g/mol. The predicted octanol–water partition coefficient (Wildman–Crippen LogP) is 5.99. The Morgan fingerprint density at radius 3 is 2.43 bits per heavy atom. The molecule has 3 nitrogen and oxygen atoms in total. The lowest BCUT2D eigenvalue weighted by atomic mass is 9.90. The average Bonchev–Trinajstić information content (AvgIpc) is 3.09. The summed E-state index contributed by atoms with van der Waals surface area (Å²) >= 11 is 6.21. The molecule has 0 saturated carbocycles. The molecule has 28 heavy (non-hydrogen) atoms. The third kappa shape index (κ3) is 1.58. The summed E-state index contributed by atoms with van der Waals surface area (Å²) in [6.45, 7) is 0. The Morgan fingerprint density at radius 2 is 1.54 bits per heavy atom. The zero-order valence-corrected chi connectivity index (χ0v) is 15.3. The van der Waals surface area contributed by atoms with Gasteiger partial charge in [0.05, 0.1) is 11.0 Å². The van der Waals surface area contributed by atoms with Gasteiger partial charge < -0.3 is 0 Å². The van der Waals surface area contributed by atoms with Crippen LogP contribution in [0.4, 0.5) is 0 Å². The summed E-state index contributed by atoms with van der Waals surface area (Å²) in [7, 11) is 0. The van der Waals surface area contributed by atoms with Crippen molar-refractivity contribution in [3.63, 3.8) is 0 Å². The van der Waals surface area contributed by atoms with Crippen LogP contribution in [-0.4, -0.2) is 9.38 Å². The van der Waals surface area contributed by atoms with Crippen molar-refractivity contribution in [3.8, 4) is 0 Å². The first-order valence-electron chi connectivity index (χ1n) is 9.14. The molecule has 7 aromatic rings. The molecule has 130 valence electrons. The highest BCUT2D eigenvalue weighted by molar-refractivity contribution is 6.33. The van der Waals surface area contributed by atoms with Crippen LogP contribution in [0.5, 0.6) is 0 Å². The van der Waals surface area contributed by atoms with E-state index in [4.69, 9.17) is 16.6 Å². The molecule has 5 aromatic carbocycles. The molecule has 2 heterocycles. The predicted molar refractivity (Wildman–Crippen MR) is 116 cm³/mol. The number of nitrogens with zero attached hydrogens (tertiary/aromatic N) is 2. The second-order valence-electron chi connectivity index (χ2n) is 7.36. The fraction of sp³-hybridized carbons (Fsp3) is 0. The molecule has 0 saturated heterocycles. The minimum absolute atomic E-state index is 0.0507. The van der Waals surface area contributed by atoms with Gasteiger partial charge in [-0.15, -0.1) is 0 Å². The summed E-state index contributed by atoms with van der Waals surface area (Å²) in [5.41, 5.74) is 2.16. The van der Waals surface area contributed by atoms with Crippen LogP contribution in [-0.2, 0) is 0 Å². The zero-order chi connectivity index (χ0) is 18.6. The fourth-order valence-corrected chi connectivity index (χ4v) is 4.93. The maximum atomic E-state index is 13.5. The Bertz CT molecular complexity index is 1800. The number of halogens is 1. The van der Waals surface area contributed by atoms with Gasteiger partial charge >= 0.3 is 0 Å². The van der Waals surface area contributed by atoms with Crippen molar-refractivity contribution in [1.29, 1.82) is 0 Å². The molecule has 0 aliphatic heterocycles. The second-order valence-corrected chi connectivity index (χ2v) is 7.80. The number of imidazole rings is 1. The Kier molecular flexibility index (Phi) is 2.45. The summed E-state index contributed by atoms with van der Waals surface area (Å²) in [5.74, 6) is 0. The Balaban J connectivity index is 1.92. The van der Waals surface area contributed by atoms with E-state index >= 15 is 0 Å². The molecule has 4 heteroatoms. The van der Waals surface area contributed by atoms with Crippen molar-refractivity contribution in [3.05, 3.63) is 82.1 Å². The maximum absolute atomic E-state index is 13.5. The number of pyridine rings is 1. The van der Waals surface area contributed by atoms with Gasteiger partial charge in [0.1, 0.15) is 5.65 Å². The number of hydrogen-bond donors (Lipinski definition) is 0. The molecule has 0 N–H and O–H groups in total. The number of benzene rings is 5. The largest absolute Gasteiger partial charge is 0.268 e. The van der Waals surface area contributed by atoms with Gasteiger partial charge in [0.2, 0.25) is 0 Å². The standard InChI is InChI=1S/C24H11ClN2O/c25-15-7-9-18-19(11-15)27-23(26-18)17-10-14-3-1-2-12-4-5-13-6-8-16(24(27)28)22(17)21(13)20(12)14/h1-11H. The molecule has 0 aliphatic carbocycles. The van der Waals surface area contributed by atoms with Crippen molar-refractivity contribution < 1.29 is 0 Å². The van der Waals surface area contributed by atoms with Gasteiger partial charge in [-0.05, 0) is 57.3 Å². The van der Waals surface area contributed by atoms with E-state index in [-0.39, 0.29) is 5.56 Å². The Morgan fingerprint density at radius 1 is 0.750 bits per heavy atom. The summed E-state index contributed by atoms with van der Waals surface area (Å²) in [6, 6.07) is 22.2. The molecular formula is C24H11ClN2O. The van der Waals surface area contributed by atoms with Crippen LogP contribution in [0.3, 0.4) is 0 Å². The van der Waals surface area contributed by atoms with Gasteiger partial charge in [-0.1, -0.05) is 48.0 Å². The van der Waals surface area contributed by atoms with Crippen LogP contribution in [0.1, 0.15) is 0 Å². The van der Waals surface area contributed by atoms with E-state index in [0.717, 1.165) is 38.0 Å². The highest BCUT2D eigenvalue weighted by Gasteiger charge is 2.19. The van der Waals surface area contributed by atoms with Crippen LogP contribution in [0.25, 0.3) is 59.8 Å². The van der Waals surface area contributed by atoms with E-state index in [1.807, 2.05) is 30.3 Å². The van der Waals surface area contributed by atoms with Crippen LogP contribution < -0.4 is 5.56 Å². The quantitative estimate of drug-likeness (QED) is 0.240. The maximum Gasteiger partial charge on any atom is 0.264 e. The molecule has 0 bridgehead atoms. The first-order chi connectivity index (χ1) is 13.7. The summed E-state index contributed by atoms with van der Waals surface area (Å²) in [4.78, 5) is 18.3. The molecule has 0 aliphatic rings. The topological polar surface area (TPSA) is 34.4 Å². The van der Waals surface area contributed by atoms with Crippen molar-refractivity contribution >= 4 is 71.4 Å². The molecule has 0 atom stereocenters. The van der Waals surface area contributed by atoms with Crippen molar-refractivity contribution in [2.24, 2.45) is 0 Å². The fourth-order valence-electron chi connectivity index (χ4n) is 4.76. The van der Waals surface area contributed by atoms with Crippen LogP contribution in [0.2, 0.25) is 5.02 Å². The van der Waals surface area contributed by atoms with E-state index in [1.165, 1.54) is 10.8 Å². The van der Waals surface area contributed by atoms with Gasteiger partial charge in [0.15, 0.2) is 0 Å². The Hall–Kier alpha value is -3.43. The molecule has 0 amide bonds. The minimum atomic E-state index is -0.0507. The number of hydrogen-bond acceptors (Lipinski definition) is 2. The highest BCUT2D eigenvalue weighted by atomic mass is 35.5. The number of fused-ring (bicyclic) bond motifs is 4. The van der Waals surface area contributed by atoms with Gasteiger partial charge in [0, 0.05) is 21.2 Å². The monoisotopic (exact) mass is 378 g/mol. The van der Waals surface area contributed by atoms with E-state index < -0.39 is 0 Å². The van der Waals surface area contributed by atoms with Crippen LogP contribution in [0.15, 0.2) is 71.5 Å². The van der Waals surface area contributed by atoms with Crippen LogP contribution in [0, 0.1) is 0 Å². The van der Waals surface area contributed by atoms with E-state index in [0.29, 0.717) is 16.1 Å². The second kappa shape index (κ2) is 4.70. The molecule has 0 fully saturated rings. The van der Waals surface area contributed by atoms with Gasteiger partial charge in [-0.2, -0.15) is 0 Å². The first-order valence-corrected chi connectivity index (χ1v) is 9.52. The van der Waals surface area contributed by atoms with Crippen molar-refractivity contribution in [2.45, 2.75) is 0 Å². The molecule has 7 rings (SSSR count). The van der Waals surface area contributed by atoms with Gasteiger partial charge in [0.25, 0.3) is 5.56 Å². The zero-order valence-electron chi connectivity index (χ0n) is 14.5. The van der Waals surface area contributed by atoms with Crippen molar-refractivity contribution in [1.82, 2.24) is 9.38 Å². The molecule has 0 spiro atoms. The molecular weight excluding hydrogens is 368 g/mol.